The van der Waals surface area contributed by atoms with E-state index in [2.05, 4.69) is 45.0 Å². The highest BCUT2D eigenvalue weighted by Gasteiger charge is 2.24. The lowest BCUT2D eigenvalue weighted by atomic mass is 9.87. The molecule has 0 amide bonds. The van der Waals surface area contributed by atoms with Crippen LogP contribution >= 0.6 is 11.6 Å². The minimum Gasteiger partial charge on any atom is -0.489 e. The predicted octanol–water partition coefficient (Wildman–Crippen LogP) is 4.91. The molecule has 100 valence electrons. The van der Waals surface area contributed by atoms with Crippen molar-refractivity contribution < 1.29 is 4.74 Å². The first kappa shape index (κ1) is 13.7. The maximum atomic E-state index is 6.31. The zero-order chi connectivity index (χ0) is 13.2. The van der Waals surface area contributed by atoms with Crippen LogP contribution in [0.15, 0.2) is 24.3 Å². The van der Waals surface area contributed by atoms with Crippen molar-refractivity contribution in [1.82, 2.24) is 0 Å². The SMILES string of the molecule is CC(C)(C)c1ccc(O[C@H]2CCCC[C@H]2Cl)cc1. The van der Waals surface area contributed by atoms with Gasteiger partial charge in [0.2, 0.25) is 0 Å². The molecule has 0 bridgehead atoms. The Labute approximate surface area is 115 Å². The van der Waals surface area contributed by atoms with Gasteiger partial charge in [-0.2, -0.15) is 0 Å². The van der Waals surface area contributed by atoms with Gasteiger partial charge < -0.3 is 4.74 Å². The molecule has 0 radical (unpaired) electrons. The Bertz CT molecular complexity index is 377. The molecule has 0 aliphatic heterocycles. The summed E-state index contributed by atoms with van der Waals surface area (Å²) in [7, 11) is 0. The highest BCUT2D eigenvalue weighted by molar-refractivity contribution is 6.21. The second-order valence-corrected chi connectivity index (χ2v) is 6.79. The van der Waals surface area contributed by atoms with Gasteiger partial charge in [-0.1, -0.05) is 39.3 Å². The van der Waals surface area contributed by atoms with Gasteiger partial charge in [0, 0.05) is 0 Å². The average Bonchev–Trinajstić information content (AvgIpc) is 2.32. The normalized spacial score (nSPS) is 24.9. The van der Waals surface area contributed by atoms with E-state index in [0.717, 1.165) is 18.6 Å². The van der Waals surface area contributed by atoms with Gasteiger partial charge in [-0.05, 0) is 42.4 Å². The molecule has 0 spiro atoms. The molecule has 1 aromatic rings. The van der Waals surface area contributed by atoms with Crippen LogP contribution in [0.25, 0.3) is 0 Å². The van der Waals surface area contributed by atoms with Crippen LogP contribution in [-0.4, -0.2) is 11.5 Å². The fraction of sp³-hybridized carbons (Fsp3) is 0.625. The van der Waals surface area contributed by atoms with Crippen LogP contribution in [0.2, 0.25) is 0 Å². The van der Waals surface area contributed by atoms with E-state index in [9.17, 15) is 0 Å². The molecule has 0 heterocycles. The Balaban J connectivity index is 2.02. The van der Waals surface area contributed by atoms with Gasteiger partial charge in [0.15, 0.2) is 0 Å². The number of rotatable bonds is 2. The van der Waals surface area contributed by atoms with Crippen molar-refractivity contribution in [2.45, 2.75) is 63.4 Å². The van der Waals surface area contributed by atoms with Crippen molar-refractivity contribution >= 4 is 11.6 Å². The van der Waals surface area contributed by atoms with Crippen LogP contribution in [0.5, 0.6) is 5.75 Å². The van der Waals surface area contributed by atoms with Gasteiger partial charge in [0.05, 0.1) is 5.38 Å². The monoisotopic (exact) mass is 266 g/mol. The molecule has 18 heavy (non-hydrogen) atoms. The number of alkyl halides is 1. The van der Waals surface area contributed by atoms with E-state index in [1.807, 2.05) is 0 Å². The maximum Gasteiger partial charge on any atom is 0.119 e. The minimum atomic E-state index is 0.168. The van der Waals surface area contributed by atoms with Crippen LogP contribution in [0.1, 0.15) is 52.0 Å². The first-order valence-electron chi connectivity index (χ1n) is 6.88. The van der Waals surface area contributed by atoms with Crippen molar-refractivity contribution in [2.75, 3.05) is 0 Å². The summed E-state index contributed by atoms with van der Waals surface area (Å²) in [5.41, 5.74) is 1.53. The summed E-state index contributed by atoms with van der Waals surface area (Å²) in [5, 5.41) is 0.168. The topological polar surface area (TPSA) is 9.23 Å². The molecule has 1 saturated carbocycles. The number of halogens is 1. The molecule has 0 saturated heterocycles. The summed E-state index contributed by atoms with van der Waals surface area (Å²) in [6.45, 7) is 6.66. The fourth-order valence-electron chi connectivity index (χ4n) is 2.39. The fourth-order valence-corrected chi connectivity index (χ4v) is 2.72. The van der Waals surface area contributed by atoms with Gasteiger partial charge in [0.25, 0.3) is 0 Å². The summed E-state index contributed by atoms with van der Waals surface area (Å²) in [6, 6.07) is 8.44. The highest BCUT2D eigenvalue weighted by atomic mass is 35.5. The van der Waals surface area contributed by atoms with E-state index in [1.54, 1.807) is 0 Å². The van der Waals surface area contributed by atoms with E-state index in [1.165, 1.54) is 18.4 Å². The third kappa shape index (κ3) is 3.41. The van der Waals surface area contributed by atoms with Gasteiger partial charge in [-0.15, -0.1) is 11.6 Å². The number of hydrogen-bond acceptors (Lipinski definition) is 1. The highest BCUT2D eigenvalue weighted by Crippen LogP contribution is 2.29. The largest absolute Gasteiger partial charge is 0.489 e. The zero-order valence-electron chi connectivity index (χ0n) is 11.6. The van der Waals surface area contributed by atoms with Gasteiger partial charge in [0.1, 0.15) is 11.9 Å². The van der Waals surface area contributed by atoms with Crippen molar-refractivity contribution in [2.24, 2.45) is 0 Å². The van der Waals surface area contributed by atoms with Gasteiger partial charge in [-0.3, -0.25) is 0 Å². The zero-order valence-corrected chi connectivity index (χ0v) is 12.3. The second-order valence-electron chi connectivity index (χ2n) is 6.23. The Kier molecular flexibility index (Phi) is 4.21. The van der Waals surface area contributed by atoms with Crippen molar-refractivity contribution in [1.29, 1.82) is 0 Å². The lowest BCUT2D eigenvalue weighted by Crippen LogP contribution is -2.30. The Morgan fingerprint density at radius 1 is 1.06 bits per heavy atom. The van der Waals surface area contributed by atoms with E-state index < -0.39 is 0 Å². The molecule has 2 heteroatoms. The molecule has 1 aromatic carbocycles. The number of ether oxygens (including phenoxy) is 1. The smallest absolute Gasteiger partial charge is 0.119 e. The van der Waals surface area contributed by atoms with E-state index >= 15 is 0 Å². The Hall–Kier alpha value is -0.690. The molecule has 1 nitrogen and oxygen atoms in total. The quantitative estimate of drug-likeness (QED) is 0.691. The second kappa shape index (κ2) is 5.52. The molecule has 2 rings (SSSR count). The predicted molar refractivity (Wildman–Crippen MR) is 77.7 cm³/mol. The Morgan fingerprint density at radius 3 is 2.22 bits per heavy atom. The summed E-state index contributed by atoms with van der Waals surface area (Å²) in [5.74, 6) is 0.945. The lowest BCUT2D eigenvalue weighted by Gasteiger charge is -2.28. The number of hydrogen-bond donors (Lipinski definition) is 0. The van der Waals surface area contributed by atoms with Crippen LogP contribution in [0, 0.1) is 0 Å². The maximum absolute atomic E-state index is 6.31. The minimum absolute atomic E-state index is 0.168. The summed E-state index contributed by atoms with van der Waals surface area (Å²) < 4.78 is 6.00. The van der Waals surface area contributed by atoms with E-state index in [-0.39, 0.29) is 16.9 Å². The van der Waals surface area contributed by atoms with Gasteiger partial charge in [-0.25, -0.2) is 0 Å². The third-order valence-electron chi connectivity index (χ3n) is 3.63. The van der Waals surface area contributed by atoms with Crippen LogP contribution < -0.4 is 4.74 Å². The van der Waals surface area contributed by atoms with Crippen molar-refractivity contribution in [3.8, 4) is 5.75 Å². The van der Waals surface area contributed by atoms with Gasteiger partial charge >= 0.3 is 0 Å². The van der Waals surface area contributed by atoms with Crippen LogP contribution in [0.4, 0.5) is 0 Å². The van der Waals surface area contributed by atoms with Crippen LogP contribution in [-0.2, 0) is 5.41 Å². The molecule has 1 aliphatic carbocycles. The first-order valence-corrected chi connectivity index (χ1v) is 7.32. The third-order valence-corrected chi connectivity index (χ3v) is 4.13. The number of benzene rings is 1. The molecule has 0 N–H and O–H groups in total. The average molecular weight is 267 g/mol. The van der Waals surface area contributed by atoms with Crippen molar-refractivity contribution in [3.63, 3.8) is 0 Å². The van der Waals surface area contributed by atoms with E-state index in [0.29, 0.717) is 0 Å². The van der Waals surface area contributed by atoms with Crippen LogP contribution in [0.3, 0.4) is 0 Å². The standard InChI is InChI=1S/C16H23ClO/c1-16(2,3)12-8-10-13(11-9-12)18-15-7-5-4-6-14(15)17/h8-11,14-15H,4-7H2,1-3H3/t14-,15+/m1/s1. The molecule has 0 unspecified atom stereocenters. The van der Waals surface area contributed by atoms with Crippen molar-refractivity contribution in [3.05, 3.63) is 29.8 Å². The summed E-state index contributed by atoms with van der Waals surface area (Å²) in [6.07, 6.45) is 4.80. The summed E-state index contributed by atoms with van der Waals surface area (Å²) in [4.78, 5) is 0. The Morgan fingerprint density at radius 2 is 1.67 bits per heavy atom. The molecule has 2 atom stereocenters. The molecule has 1 fully saturated rings. The molecular weight excluding hydrogens is 244 g/mol. The van der Waals surface area contributed by atoms with E-state index in [4.69, 9.17) is 16.3 Å². The summed E-state index contributed by atoms with van der Waals surface area (Å²) >= 11 is 6.31. The molecular formula is C16H23ClO. The first-order chi connectivity index (χ1) is 8.47. The lowest BCUT2D eigenvalue weighted by molar-refractivity contribution is 0.159. The molecule has 0 aromatic heterocycles. The molecule has 1 aliphatic rings.